The second kappa shape index (κ2) is 5.60. The van der Waals surface area contributed by atoms with Crippen LogP contribution in [0.15, 0.2) is 0 Å². The van der Waals surface area contributed by atoms with Gasteiger partial charge in [-0.3, -0.25) is 9.69 Å². The minimum absolute atomic E-state index is 0.0576. The molecule has 2 N–H and O–H groups in total. The van der Waals surface area contributed by atoms with Gasteiger partial charge in [-0.25, -0.2) is 4.79 Å². The molecule has 6 heteroatoms. The fourth-order valence-corrected chi connectivity index (χ4v) is 3.39. The Hall–Kier alpha value is -1.30. The van der Waals surface area contributed by atoms with Gasteiger partial charge in [0, 0.05) is 25.2 Å². The number of carbonyl (C=O) groups excluding carboxylic acids is 1. The zero-order chi connectivity index (χ0) is 14.1. The third-order valence-electron chi connectivity index (χ3n) is 4.70. The first-order valence-corrected chi connectivity index (χ1v) is 7.69. The lowest BCUT2D eigenvalue weighted by Gasteiger charge is -2.38. The van der Waals surface area contributed by atoms with Crippen molar-refractivity contribution in [3.05, 3.63) is 0 Å². The molecule has 1 saturated carbocycles. The van der Waals surface area contributed by atoms with E-state index in [0.717, 1.165) is 58.2 Å². The Morgan fingerprint density at radius 1 is 1.00 bits per heavy atom. The summed E-state index contributed by atoms with van der Waals surface area (Å²) in [6.07, 6.45) is 5.73. The van der Waals surface area contributed by atoms with Gasteiger partial charge in [0.15, 0.2) is 0 Å². The number of carboxylic acids is 1. The van der Waals surface area contributed by atoms with Gasteiger partial charge in [-0.1, -0.05) is 0 Å². The fourth-order valence-electron chi connectivity index (χ4n) is 3.39. The number of hydrogen-bond acceptors (Lipinski definition) is 3. The summed E-state index contributed by atoms with van der Waals surface area (Å²) in [6.45, 7) is 2.37. The molecule has 20 heavy (non-hydrogen) atoms. The largest absolute Gasteiger partial charge is 0.480 e. The van der Waals surface area contributed by atoms with Crippen LogP contribution in [0.2, 0.25) is 0 Å². The molecule has 3 aliphatic rings. The maximum atomic E-state index is 12.0. The first-order valence-electron chi connectivity index (χ1n) is 7.69. The molecule has 0 aromatic rings. The van der Waals surface area contributed by atoms with Crippen LogP contribution in [0, 0.1) is 0 Å². The number of carboxylic acid groups (broad SMARTS) is 1. The van der Waals surface area contributed by atoms with E-state index in [0.29, 0.717) is 12.1 Å². The summed E-state index contributed by atoms with van der Waals surface area (Å²) in [5.41, 5.74) is 0. The number of carbonyl (C=O) groups is 2. The minimum Gasteiger partial charge on any atom is -0.480 e. The molecule has 1 unspecified atom stereocenters. The van der Waals surface area contributed by atoms with Gasteiger partial charge < -0.3 is 15.3 Å². The van der Waals surface area contributed by atoms with Crippen LogP contribution in [-0.4, -0.2) is 64.7 Å². The van der Waals surface area contributed by atoms with E-state index >= 15 is 0 Å². The highest BCUT2D eigenvalue weighted by Gasteiger charge is 2.37. The normalized spacial score (nSPS) is 28.6. The zero-order valence-corrected chi connectivity index (χ0v) is 11.8. The van der Waals surface area contributed by atoms with E-state index in [1.807, 2.05) is 4.90 Å². The molecule has 2 amide bonds. The number of nitrogens with zero attached hydrogens (tertiary/aromatic N) is 2. The van der Waals surface area contributed by atoms with E-state index in [-0.39, 0.29) is 12.1 Å². The quantitative estimate of drug-likeness (QED) is 0.805. The molecule has 0 bridgehead atoms. The van der Waals surface area contributed by atoms with Gasteiger partial charge in [0.25, 0.3) is 0 Å². The lowest BCUT2D eigenvalue weighted by Crippen LogP contribution is -2.52. The summed E-state index contributed by atoms with van der Waals surface area (Å²) in [6, 6.07) is 0.466. The molecular formula is C14H23N3O3. The van der Waals surface area contributed by atoms with E-state index in [1.54, 1.807) is 0 Å². The summed E-state index contributed by atoms with van der Waals surface area (Å²) in [5.74, 6) is -0.698. The number of piperidine rings is 1. The standard InChI is InChI=1S/C14H23N3O3/c18-13(19)12-2-1-7-17(12)11-5-8-16(9-6-11)14(20)15-10-3-4-10/h10-12H,1-9H2,(H,15,20)(H,18,19). The van der Waals surface area contributed by atoms with Gasteiger partial charge >= 0.3 is 12.0 Å². The van der Waals surface area contributed by atoms with Crippen LogP contribution >= 0.6 is 0 Å². The monoisotopic (exact) mass is 281 g/mol. The third-order valence-corrected chi connectivity index (χ3v) is 4.70. The number of amides is 2. The van der Waals surface area contributed by atoms with Crippen molar-refractivity contribution in [3.63, 3.8) is 0 Å². The Bertz CT molecular complexity index is 389. The number of aliphatic carboxylic acids is 1. The molecule has 1 atom stereocenters. The topological polar surface area (TPSA) is 72.9 Å². The molecule has 2 aliphatic heterocycles. The van der Waals surface area contributed by atoms with Gasteiger partial charge in [-0.15, -0.1) is 0 Å². The summed E-state index contributed by atoms with van der Waals surface area (Å²) in [7, 11) is 0. The first-order chi connectivity index (χ1) is 9.65. The number of urea groups is 1. The Labute approximate surface area is 119 Å². The number of rotatable bonds is 3. The molecule has 2 saturated heterocycles. The summed E-state index contributed by atoms with van der Waals surface area (Å²) in [4.78, 5) is 27.2. The van der Waals surface area contributed by atoms with Crippen LogP contribution in [0.1, 0.15) is 38.5 Å². The van der Waals surface area contributed by atoms with Crippen LogP contribution < -0.4 is 5.32 Å². The summed E-state index contributed by atoms with van der Waals surface area (Å²) in [5, 5.41) is 12.3. The molecule has 2 heterocycles. The summed E-state index contributed by atoms with van der Waals surface area (Å²) < 4.78 is 0. The number of hydrogen-bond donors (Lipinski definition) is 2. The number of nitrogens with one attached hydrogen (secondary N) is 1. The van der Waals surface area contributed by atoms with Crippen LogP contribution in [0.5, 0.6) is 0 Å². The Kier molecular flexibility index (Phi) is 3.83. The van der Waals surface area contributed by atoms with Crippen LogP contribution in [0.3, 0.4) is 0 Å². The van der Waals surface area contributed by atoms with E-state index < -0.39 is 5.97 Å². The lowest BCUT2D eigenvalue weighted by molar-refractivity contribution is -0.143. The average Bonchev–Trinajstić information content (AvgIpc) is 3.11. The molecule has 6 nitrogen and oxygen atoms in total. The molecule has 0 aromatic carbocycles. The van der Waals surface area contributed by atoms with Crippen molar-refractivity contribution < 1.29 is 14.7 Å². The van der Waals surface area contributed by atoms with Gasteiger partial charge in [-0.2, -0.15) is 0 Å². The van der Waals surface area contributed by atoms with E-state index in [1.165, 1.54) is 0 Å². The minimum atomic E-state index is -0.698. The smallest absolute Gasteiger partial charge is 0.320 e. The van der Waals surface area contributed by atoms with Gasteiger partial charge in [-0.05, 0) is 45.1 Å². The predicted octanol–water partition coefficient (Wildman–Crippen LogP) is 0.872. The highest BCUT2D eigenvalue weighted by Crippen LogP contribution is 2.26. The van der Waals surface area contributed by atoms with Gasteiger partial charge in [0.2, 0.25) is 0 Å². The molecular weight excluding hydrogens is 258 g/mol. The molecule has 3 rings (SSSR count). The molecule has 0 aromatic heterocycles. The number of likely N-dealkylation sites (tertiary alicyclic amines) is 2. The predicted molar refractivity (Wildman–Crippen MR) is 73.5 cm³/mol. The molecule has 0 radical (unpaired) electrons. The summed E-state index contributed by atoms with van der Waals surface area (Å²) >= 11 is 0. The fraction of sp³-hybridized carbons (Fsp3) is 0.857. The van der Waals surface area contributed by atoms with Crippen molar-refractivity contribution in [3.8, 4) is 0 Å². The van der Waals surface area contributed by atoms with Crippen molar-refractivity contribution in [2.24, 2.45) is 0 Å². The molecule has 3 fully saturated rings. The van der Waals surface area contributed by atoms with E-state index in [2.05, 4.69) is 10.2 Å². The Morgan fingerprint density at radius 3 is 2.30 bits per heavy atom. The van der Waals surface area contributed by atoms with Crippen LogP contribution in [-0.2, 0) is 4.79 Å². The molecule has 1 aliphatic carbocycles. The third kappa shape index (κ3) is 2.90. The van der Waals surface area contributed by atoms with Gasteiger partial charge in [0.1, 0.15) is 6.04 Å². The van der Waals surface area contributed by atoms with Crippen molar-refractivity contribution in [2.75, 3.05) is 19.6 Å². The first kappa shape index (κ1) is 13.7. The van der Waals surface area contributed by atoms with E-state index in [4.69, 9.17) is 0 Å². The molecule has 112 valence electrons. The zero-order valence-electron chi connectivity index (χ0n) is 11.8. The van der Waals surface area contributed by atoms with Crippen molar-refractivity contribution in [2.45, 2.75) is 56.7 Å². The van der Waals surface area contributed by atoms with Gasteiger partial charge in [0.05, 0.1) is 0 Å². The maximum Gasteiger partial charge on any atom is 0.320 e. The van der Waals surface area contributed by atoms with Crippen molar-refractivity contribution in [1.29, 1.82) is 0 Å². The lowest BCUT2D eigenvalue weighted by atomic mass is 10.0. The maximum absolute atomic E-state index is 12.0. The van der Waals surface area contributed by atoms with Crippen LogP contribution in [0.4, 0.5) is 4.79 Å². The highest BCUT2D eigenvalue weighted by atomic mass is 16.4. The van der Waals surface area contributed by atoms with Crippen LogP contribution in [0.25, 0.3) is 0 Å². The van der Waals surface area contributed by atoms with Crippen molar-refractivity contribution >= 4 is 12.0 Å². The highest BCUT2D eigenvalue weighted by molar-refractivity contribution is 5.75. The van der Waals surface area contributed by atoms with Crippen molar-refractivity contribution in [1.82, 2.24) is 15.1 Å². The average molecular weight is 281 g/mol. The Balaban J connectivity index is 1.50. The Morgan fingerprint density at radius 2 is 1.70 bits per heavy atom. The van der Waals surface area contributed by atoms with E-state index in [9.17, 15) is 14.7 Å². The SMILES string of the molecule is O=C(O)C1CCCN1C1CCN(C(=O)NC2CC2)CC1. The molecule has 0 spiro atoms. The second-order valence-corrected chi connectivity index (χ2v) is 6.18. The second-order valence-electron chi connectivity index (χ2n) is 6.18.